The van der Waals surface area contributed by atoms with Crippen LogP contribution in [0.25, 0.3) is 10.8 Å². The first-order chi connectivity index (χ1) is 11.7. The Kier molecular flexibility index (Phi) is 3.24. The van der Waals surface area contributed by atoms with Gasteiger partial charge < -0.3 is 5.11 Å². The van der Waals surface area contributed by atoms with Gasteiger partial charge in [-0.3, -0.25) is 10.3 Å². The molecule has 0 aromatic heterocycles. The van der Waals surface area contributed by atoms with Gasteiger partial charge in [-0.2, -0.15) is 5.10 Å². The highest BCUT2D eigenvalue weighted by molar-refractivity contribution is 6.17. The molecule has 0 aliphatic carbocycles. The van der Waals surface area contributed by atoms with Crippen LogP contribution in [0.1, 0.15) is 11.1 Å². The van der Waals surface area contributed by atoms with Crippen molar-refractivity contribution >= 4 is 22.3 Å². The quantitative estimate of drug-likeness (QED) is 0.748. The standard InChI is InChI=1S/C20H17N3O/c1-13-11-12-18(16-8-4-3-7-15(13)16)23-14(2)21-22-20(23)17-9-5-6-10-19(17)24/h3-12,21,24H,2H2,1H3. The molecule has 4 heteroatoms. The number of aryl methyl sites for hydroxylation is 1. The summed E-state index contributed by atoms with van der Waals surface area (Å²) in [6.07, 6.45) is 0. The summed E-state index contributed by atoms with van der Waals surface area (Å²) in [5.41, 5.74) is 5.79. The molecule has 4 nitrogen and oxygen atoms in total. The number of benzene rings is 3. The molecule has 0 atom stereocenters. The third-order valence-corrected chi connectivity index (χ3v) is 4.28. The summed E-state index contributed by atoms with van der Waals surface area (Å²) in [7, 11) is 0. The summed E-state index contributed by atoms with van der Waals surface area (Å²) in [4.78, 5) is 1.94. The Balaban J connectivity index is 1.92. The Labute approximate surface area is 140 Å². The topological polar surface area (TPSA) is 47.9 Å². The molecule has 1 aliphatic rings. The smallest absolute Gasteiger partial charge is 0.170 e. The number of rotatable bonds is 2. The first-order valence-electron chi connectivity index (χ1n) is 7.76. The van der Waals surface area contributed by atoms with Crippen molar-refractivity contribution in [2.45, 2.75) is 6.92 Å². The Morgan fingerprint density at radius 1 is 0.958 bits per heavy atom. The van der Waals surface area contributed by atoms with E-state index in [1.807, 2.05) is 29.2 Å². The molecule has 2 N–H and O–H groups in total. The van der Waals surface area contributed by atoms with Crippen molar-refractivity contribution in [3.05, 3.63) is 84.2 Å². The number of nitrogens with one attached hydrogen (secondary N) is 1. The Morgan fingerprint density at radius 3 is 2.46 bits per heavy atom. The maximum absolute atomic E-state index is 10.2. The molecule has 118 valence electrons. The fraction of sp³-hybridized carbons (Fsp3) is 0.0500. The summed E-state index contributed by atoms with van der Waals surface area (Å²) in [5.74, 6) is 1.48. The van der Waals surface area contributed by atoms with Crippen LogP contribution in [-0.2, 0) is 0 Å². The van der Waals surface area contributed by atoms with E-state index in [1.165, 1.54) is 10.9 Å². The first kappa shape index (κ1) is 14.3. The summed E-state index contributed by atoms with van der Waals surface area (Å²) in [5, 5.41) is 16.9. The average Bonchev–Trinajstić information content (AvgIpc) is 2.97. The number of hydrazone groups is 1. The van der Waals surface area contributed by atoms with Gasteiger partial charge in [0.05, 0.1) is 11.3 Å². The molecule has 0 saturated heterocycles. The van der Waals surface area contributed by atoms with Gasteiger partial charge in [0.25, 0.3) is 0 Å². The molecule has 3 aromatic rings. The summed E-state index contributed by atoms with van der Waals surface area (Å²) in [6, 6.07) is 19.6. The van der Waals surface area contributed by atoms with Crippen molar-refractivity contribution in [3.63, 3.8) is 0 Å². The number of hydrogen-bond donors (Lipinski definition) is 2. The molecule has 0 radical (unpaired) electrons. The lowest BCUT2D eigenvalue weighted by molar-refractivity contribution is 0.474. The van der Waals surface area contributed by atoms with Crippen LogP contribution in [0.2, 0.25) is 0 Å². The molecule has 0 spiro atoms. The molecular weight excluding hydrogens is 298 g/mol. The van der Waals surface area contributed by atoms with E-state index in [2.05, 4.69) is 48.3 Å². The Morgan fingerprint density at radius 2 is 1.67 bits per heavy atom. The minimum absolute atomic E-state index is 0.189. The summed E-state index contributed by atoms with van der Waals surface area (Å²) in [6.45, 7) is 6.16. The van der Waals surface area contributed by atoms with Gasteiger partial charge in [0, 0.05) is 5.39 Å². The van der Waals surface area contributed by atoms with E-state index in [-0.39, 0.29) is 5.75 Å². The average molecular weight is 315 g/mol. The van der Waals surface area contributed by atoms with Crippen molar-refractivity contribution in [1.29, 1.82) is 0 Å². The van der Waals surface area contributed by atoms with Crippen molar-refractivity contribution in [1.82, 2.24) is 5.43 Å². The predicted molar refractivity (Wildman–Crippen MR) is 98.1 cm³/mol. The number of aromatic hydroxyl groups is 1. The van der Waals surface area contributed by atoms with Crippen molar-refractivity contribution in [2.75, 3.05) is 4.90 Å². The second-order valence-corrected chi connectivity index (χ2v) is 5.79. The second-order valence-electron chi connectivity index (χ2n) is 5.79. The molecule has 0 bridgehead atoms. The van der Waals surface area contributed by atoms with Gasteiger partial charge in [-0.25, -0.2) is 0 Å². The number of fused-ring (bicyclic) bond motifs is 1. The van der Waals surface area contributed by atoms with E-state index in [1.54, 1.807) is 12.1 Å². The molecule has 24 heavy (non-hydrogen) atoms. The number of para-hydroxylation sites is 1. The van der Waals surface area contributed by atoms with E-state index in [9.17, 15) is 5.11 Å². The van der Waals surface area contributed by atoms with Crippen LogP contribution in [-0.4, -0.2) is 10.9 Å². The molecule has 0 unspecified atom stereocenters. The number of anilines is 1. The maximum atomic E-state index is 10.2. The molecular formula is C20H17N3O. The van der Waals surface area contributed by atoms with Gasteiger partial charge in [0.2, 0.25) is 0 Å². The second kappa shape index (κ2) is 5.42. The van der Waals surface area contributed by atoms with Crippen molar-refractivity contribution in [3.8, 4) is 5.75 Å². The number of phenols is 1. The van der Waals surface area contributed by atoms with Gasteiger partial charge >= 0.3 is 0 Å². The zero-order chi connectivity index (χ0) is 16.7. The third kappa shape index (κ3) is 2.12. The lowest BCUT2D eigenvalue weighted by Crippen LogP contribution is -2.27. The zero-order valence-corrected chi connectivity index (χ0v) is 13.3. The van der Waals surface area contributed by atoms with Gasteiger partial charge in [0.1, 0.15) is 11.6 Å². The number of amidine groups is 1. The van der Waals surface area contributed by atoms with Crippen LogP contribution in [0, 0.1) is 6.92 Å². The molecule has 1 heterocycles. The van der Waals surface area contributed by atoms with Crippen molar-refractivity contribution in [2.24, 2.45) is 5.10 Å². The van der Waals surface area contributed by atoms with Crippen LogP contribution in [0.4, 0.5) is 5.69 Å². The van der Waals surface area contributed by atoms with Crippen molar-refractivity contribution < 1.29 is 5.11 Å². The molecule has 4 rings (SSSR count). The zero-order valence-electron chi connectivity index (χ0n) is 13.3. The molecule has 0 amide bonds. The first-order valence-corrected chi connectivity index (χ1v) is 7.76. The molecule has 0 fully saturated rings. The van der Waals surface area contributed by atoms with E-state index in [4.69, 9.17) is 0 Å². The molecule has 1 aliphatic heterocycles. The highest BCUT2D eigenvalue weighted by Crippen LogP contribution is 2.34. The fourth-order valence-electron chi connectivity index (χ4n) is 3.08. The highest BCUT2D eigenvalue weighted by Gasteiger charge is 2.27. The van der Waals surface area contributed by atoms with E-state index in [0.29, 0.717) is 17.2 Å². The summed E-state index contributed by atoms with van der Waals surface area (Å²) < 4.78 is 0. The number of phenolic OH excluding ortho intramolecular Hbond substituents is 1. The predicted octanol–water partition coefficient (Wildman–Crippen LogP) is 4.10. The maximum Gasteiger partial charge on any atom is 0.170 e. The third-order valence-electron chi connectivity index (χ3n) is 4.28. The lowest BCUT2D eigenvalue weighted by Gasteiger charge is -2.23. The number of nitrogens with zero attached hydrogens (tertiary/aromatic N) is 2. The van der Waals surface area contributed by atoms with Gasteiger partial charge in [-0.05, 0) is 36.1 Å². The van der Waals surface area contributed by atoms with Crippen LogP contribution < -0.4 is 10.3 Å². The minimum atomic E-state index is 0.189. The molecule has 3 aromatic carbocycles. The van der Waals surface area contributed by atoms with Crippen LogP contribution in [0.15, 0.2) is 78.2 Å². The largest absolute Gasteiger partial charge is 0.507 e. The van der Waals surface area contributed by atoms with Gasteiger partial charge in [-0.15, -0.1) is 0 Å². The molecule has 0 saturated carbocycles. The SMILES string of the molecule is C=C1NN=C(c2ccccc2O)N1c1ccc(C)c2ccccc12. The Bertz CT molecular complexity index is 991. The van der Waals surface area contributed by atoms with E-state index >= 15 is 0 Å². The van der Waals surface area contributed by atoms with Gasteiger partial charge in [0.15, 0.2) is 5.84 Å². The fourth-order valence-corrected chi connectivity index (χ4v) is 3.08. The normalized spacial score (nSPS) is 14.0. The van der Waals surface area contributed by atoms with Crippen LogP contribution in [0.5, 0.6) is 5.75 Å². The minimum Gasteiger partial charge on any atom is -0.507 e. The van der Waals surface area contributed by atoms with Crippen LogP contribution >= 0.6 is 0 Å². The van der Waals surface area contributed by atoms with E-state index in [0.717, 1.165) is 11.1 Å². The summed E-state index contributed by atoms with van der Waals surface area (Å²) >= 11 is 0. The van der Waals surface area contributed by atoms with E-state index < -0.39 is 0 Å². The number of hydrogen-bond acceptors (Lipinski definition) is 4. The highest BCUT2D eigenvalue weighted by atomic mass is 16.3. The van der Waals surface area contributed by atoms with Gasteiger partial charge in [-0.1, -0.05) is 49.0 Å². The lowest BCUT2D eigenvalue weighted by atomic mass is 10.0. The van der Waals surface area contributed by atoms with Crippen LogP contribution in [0.3, 0.4) is 0 Å². The Hall–Kier alpha value is -3.27. The monoisotopic (exact) mass is 315 g/mol.